The van der Waals surface area contributed by atoms with Crippen molar-refractivity contribution in [2.75, 3.05) is 26.3 Å². The number of carbonyl (C=O) groups excluding carboxylic acids is 1. The summed E-state index contributed by atoms with van der Waals surface area (Å²) in [6.07, 6.45) is -0.380. The highest BCUT2D eigenvalue weighted by molar-refractivity contribution is 5.67. The number of rotatable bonds is 2. The minimum atomic E-state index is -0.444. The van der Waals surface area contributed by atoms with E-state index in [9.17, 15) is 4.79 Å². The Balaban J connectivity index is 2.15. The molecule has 1 amide bonds. The lowest BCUT2D eigenvalue weighted by atomic mass is 10.2. The van der Waals surface area contributed by atoms with E-state index < -0.39 is 5.60 Å². The summed E-state index contributed by atoms with van der Waals surface area (Å²) in [5.74, 6) is 0. The lowest BCUT2D eigenvalue weighted by molar-refractivity contribution is 0.0475. The summed E-state index contributed by atoms with van der Waals surface area (Å²) in [5, 5.41) is 5.95. The van der Waals surface area contributed by atoms with Crippen LogP contribution in [0.4, 0.5) is 4.79 Å². The fourth-order valence-electron chi connectivity index (χ4n) is 1.27. The summed E-state index contributed by atoms with van der Waals surface area (Å²) in [5.41, 5.74) is -0.444. The first-order chi connectivity index (χ1) is 6.97. The monoisotopic (exact) mass is 216 g/mol. The number of hydrogen-bond acceptors (Lipinski definition) is 4. The molecule has 88 valence electrons. The lowest BCUT2D eigenvalue weighted by Crippen LogP contribution is -2.49. The topological polar surface area (TPSA) is 59.6 Å². The highest BCUT2D eigenvalue weighted by Crippen LogP contribution is 2.06. The number of carbonyl (C=O) groups is 1. The van der Waals surface area contributed by atoms with Gasteiger partial charge in [0.2, 0.25) is 0 Å². The first kappa shape index (κ1) is 12.3. The molecule has 0 saturated carbocycles. The Labute approximate surface area is 90.5 Å². The van der Waals surface area contributed by atoms with Gasteiger partial charge in [0, 0.05) is 19.1 Å². The Hall–Kier alpha value is -0.810. The zero-order chi connectivity index (χ0) is 11.3. The molecular weight excluding hydrogens is 196 g/mol. The third-order valence-corrected chi connectivity index (χ3v) is 1.89. The molecule has 2 N–H and O–H groups in total. The van der Waals surface area contributed by atoms with Gasteiger partial charge in [-0.1, -0.05) is 0 Å². The standard InChI is InChI=1S/C10H20N2O3/c1-10(2,3)15-9(13)12-6-8-7-14-5-4-11-8/h8,11H,4-7H2,1-3H3,(H,12,13)/t8-/m0/s1. The SMILES string of the molecule is CC(C)(C)OC(=O)NC[C@H]1COCCN1. The zero-order valence-electron chi connectivity index (χ0n) is 9.63. The Kier molecular flexibility index (Phi) is 4.35. The van der Waals surface area contributed by atoms with Crippen molar-refractivity contribution in [2.45, 2.75) is 32.4 Å². The average molecular weight is 216 g/mol. The summed E-state index contributed by atoms with van der Waals surface area (Å²) in [6.45, 7) is 8.27. The summed E-state index contributed by atoms with van der Waals surface area (Å²) in [6, 6.07) is 0.186. The van der Waals surface area contributed by atoms with Gasteiger partial charge in [0.15, 0.2) is 0 Å². The van der Waals surface area contributed by atoms with Crippen LogP contribution in [0.2, 0.25) is 0 Å². The highest BCUT2D eigenvalue weighted by Gasteiger charge is 2.18. The molecule has 0 bridgehead atoms. The van der Waals surface area contributed by atoms with E-state index >= 15 is 0 Å². The van der Waals surface area contributed by atoms with Crippen LogP contribution in [0.1, 0.15) is 20.8 Å². The van der Waals surface area contributed by atoms with E-state index in [1.807, 2.05) is 20.8 Å². The summed E-state index contributed by atoms with van der Waals surface area (Å²) >= 11 is 0. The van der Waals surface area contributed by atoms with Crippen molar-refractivity contribution in [2.24, 2.45) is 0 Å². The quantitative estimate of drug-likeness (QED) is 0.705. The molecule has 0 unspecified atom stereocenters. The molecular formula is C10H20N2O3. The predicted molar refractivity (Wildman–Crippen MR) is 56.8 cm³/mol. The molecule has 0 spiro atoms. The summed E-state index contributed by atoms with van der Waals surface area (Å²) < 4.78 is 10.4. The van der Waals surface area contributed by atoms with Gasteiger partial charge in [-0.05, 0) is 20.8 Å². The van der Waals surface area contributed by atoms with Gasteiger partial charge in [0.25, 0.3) is 0 Å². The molecule has 0 aromatic carbocycles. The minimum absolute atomic E-state index is 0.186. The molecule has 1 aliphatic rings. The van der Waals surface area contributed by atoms with Crippen molar-refractivity contribution in [1.82, 2.24) is 10.6 Å². The van der Waals surface area contributed by atoms with Crippen molar-refractivity contribution in [3.05, 3.63) is 0 Å². The van der Waals surface area contributed by atoms with Crippen LogP contribution in [0.25, 0.3) is 0 Å². The average Bonchev–Trinajstić information content (AvgIpc) is 2.14. The van der Waals surface area contributed by atoms with Crippen LogP contribution in [-0.2, 0) is 9.47 Å². The normalized spacial score (nSPS) is 22.2. The molecule has 1 atom stereocenters. The maximum atomic E-state index is 11.3. The predicted octanol–water partition coefficient (Wildman–Crippen LogP) is 0.500. The van der Waals surface area contributed by atoms with Gasteiger partial charge in [-0.2, -0.15) is 0 Å². The van der Waals surface area contributed by atoms with Crippen LogP contribution in [0, 0.1) is 0 Å². The Morgan fingerprint density at radius 3 is 2.87 bits per heavy atom. The van der Waals surface area contributed by atoms with Gasteiger partial charge in [0.1, 0.15) is 5.60 Å². The minimum Gasteiger partial charge on any atom is -0.444 e. The van der Waals surface area contributed by atoms with Gasteiger partial charge in [-0.3, -0.25) is 0 Å². The molecule has 5 nitrogen and oxygen atoms in total. The molecule has 1 heterocycles. The second kappa shape index (κ2) is 5.32. The highest BCUT2D eigenvalue weighted by atomic mass is 16.6. The molecule has 0 aromatic heterocycles. The molecule has 5 heteroatoms. The van der Waals surface area contributed by atoms with Crippen molar-refractivity contribution < 1.29 is 14.3 Å². The number of alkyl carbamates (subject to hydrolysis) is 1. The summed E-state index contributed by atoms with van der Waals surface area (Å²) in [7, 11) is 0. The van der Waals surface area contributed by atoms with Gasteiger partial charge < -0.3 is 20.1 Å². The third kappa shape index (κ3) is 5.59. The fourth-order valence-corrected chi connectivity index (χ4v) is 1.27. The van der Waals surface area contributed by atoms with E-state index in [2.05, 4.69) is 10.6 Å². The van der Waals surface area contributed by atoms with E-state index in [0.29, 0.717) is 13.2 Å². The van der Waals surface area contributed by atoms with Crippen molar-refractivity contribution in [1.29, 1.82) is 0 Å². The molecule has 0 aliphatic carbocycles. The van der Waals surface area contributed by atoms with E-state index in [4.69, 9.17) is 9.47 Å². The molecule has 1 saturated heterocycles. The fraction of sp³-hybridized carbons (Fsp3) is 0.900. The number of ether oxygens (including phenoxy) is 2. The lowest BCUT2D eigenvalue weighted by Gasteiger charge is -2.25. The zero-order valence-corrected chi connectivity index (χ0v) is 9.63. The Morgan fingerprint density at radius 1 is 1.60 bits per heavy atom. The smallest absolute Gasteiger partial charge is 0.407 e. The van der Waals surface area contributed by atoms with Gasteiger partial charge in [-0.15, -0.1) is 0 Å². The Bertz CT molecular complexity index is 207. The van der Waals surface area contributed by atoms with Crippen LogP contribution in [-0.4, -0.2) is 44.0 Å². The van der Waals surface area contributed by atoms with Crippen LogP contribution >= 0.6 is 0 Å². The molecule has 15 heavy (non-hydrogen) atoms. The van der Waals surface area contributed by atoms with Crippen molar-refractivity contribution >= 4 is 6.09 Å². The maximum Gasteiger partial charge on any atom is 0.407 e. The molecule has 1 fully saturated rings. The van der Waals surface area contributed by atoms with Crippen LogP contribution in [0.5, 0.6) is 0 Å². The first-order valence-electron chi connectivity index (χ1n) is 5.25. The van der Waals surface area contributed by atoms with E-state index in [1.165, 1.54) is 0 Å². The number of amides is 1. The van der Waals surface area contributed by atoms with Gasteiger partial charge >= 0.3 is 6.09 Å². The number of hydrogen-bond donors (Lipinski definition) is 2. The van der Waals surface area contributed by atoms with Gasteiger partial charge in [0.05, 0.1) is 13.2 Å². The molecule has 0 aromatic rings. The summed E-state index contributed by atoms with van der Waals surface area (Å²) in [4.78, 5) is 11.3. The number of morpholine rings is 1. The van der Waals surface area contributed by atoms with Crippen molar-refractivity contribution in [3.63, 3.8) is 0 Å². The second-order valence-corrected chi connectivity index (χ2v) is 4.61. The van der Waals surface area contributed by atoms with Crippen molar-refractivity contribution in [3.8, 4) is 0 Å². The molecule has 1 aliphatic heterocycles. The number of nitrogens with one attached hydrogen (secondary N) is 2. The second-order valence-electron chi connectivity index (χ2n) is 4.61. The third-order valence-electron chi connectivity index (χ3n) is 1.89. The first-order valence-corrected chi connectivity index (χ1v) is 5.25. The van der Waals surface area contributed by atoms with Crippen LogP contribution in [0.15, 0.2) is 0 Å². The van der Waals surface area contributed by atoms with E-state index in [0.717, 1.165) is 13.2 Å². The molecule has 0 radical (unpaired) electrons. The van der Waals surface area contributed by atoms with Crippen LogP contribution in [0.3, 0.4) is 0 Å². The van der Waals surface area contributed by atoms with E-state index in [-0.39, 0.29) is 12.1 Å². The van der Waals surface area contributed by atoms with Crippen LogP contribution < -0.4 is 10.6 Å². The van der Waals surface area contributed by atoms with E-state index in [1.54, 1.807) is 0 Å². The molecule has 1 rings (SSSR count). The van der Waals surface area contributed by atoms with Gasteiger partial charge in [-0.25, -0.2) is 4.79 Å². The largest absolute Gasteiger partial charge is 0.444 e. The Morgan fingerprint density at radius 2 is 2.33 bits per heavy atom. The maximum absolute atomic E-state index is 11.3.